The fraction of sp³-hybridized carbons (Fsp3) is 0.382. The Bertz CT molecular complexity index is 1710. The molecule has 0 saturated heterocycles. The molecule has 0 amide bonds. The number of halogens is 3. The summed E-state index contributed by atoms with van der Waals surface area (Å²) < 4.78 is 28.4. The highest BCUT2D eigenvalue weighted by Crippen LogP contribution is 2.19. The number of aryl methyl sites for hydroxylation is 7. The van der Waals surface area contributed by atoms with Gasteiger partial charge in [0.15, 0.2) is 0 Å². The molecule has 0 bridgehead atoms. The van der Waals surface area contributed by atoms with Gasteiger partial charge < -0.3 is 4.90 Å². The molecule has 0 aliphatic heterocycles. The highest BCUT2D eigenvalue weighted by atomic mass is 35.5. The summed E-state index contributed by atoms with van der Waals surface area (Å²) in [6.45, 7) is 20.3. The van der Waals surface area contributed by atoms with Crippen molar-refractivity contribution in [2.24, 2.45) is 0 Å². The van der Waals surface area contributed by atoms with Gasteiger partial charge in [0.25, 0.3) is 0 Å². The first-order valence-electron chi connectivity index (χ1n) is 15.2. The number of thiophene rings is 2. The first-order valence-corrected chi connectivity index (χ1v) is 17.3. The van der Waals surface area contributed by atoms with Crippen LogP contribution in [0.4, 0.5) is 8.78 Å². The zero-order valence-corrected chi connectivity index (χ0v) is 32.0. The summed E-state index contributed by atoms with van der Waals surface area (Å²) in [6, 6.07) is 7.69. The van der Waals surface area contributed by atoms with Crippen molar-refractivity contribution in [2.75, 3.05) is 14.1 Å². The fourth-order valence-electron chi connectivity index (χ4n) is 3.40. The zero-order chi connectivity index (χ0) is 36.8. The van der Waals surface area contributed by atoms with Gasteiger partial charge in [0.05, 0.1) is 28.6 Å². The lowest BCUT2D eigenvalue weighted by Crippen LogP contribution is -2.09. The van der Waals surface area contributed by atoms with Crippen molar-refractivity contribution in [3.63, 3.8) is 0 Å². The van der Waals surface area contributed by atoms with Crippen molar-refractivity contribution in [3.05, 3.63) is 126 Å². The summed E-state index contributed by atoms with van der Waals surface area (Å²) in [5, 5.41) is 20.0. The minimum absolute atomic E-state index is 0.327. The molecule has 15 heteroatoms. The Hall–Kier alpha value is -4.16. The second-order valence-electron chi connectivity index (χ2n) is 10.9. The Morgan fingerprint density at radius 1 is 0.939 bits per heavy atom. The lowest BCUT2D eigenvalue weighted by atomic mass is 10.3. The Morgan fingerprint density at radius 3 is 1.86 bits per heavy atom. The number of nitrogens with zero attached hydrogens (tertiary/aromatic N) is 9. The molecule has 0 fully saturated rings. The summed E-state index contributed by atoms with van der Waals surface area (Å²) in [5.74, 6) is 0. The van der Waals surface area contributed by atoms with Gasteiger partial charge in [-0.15, -0.1) is 22.7 Å². The molecule has 6 aromatic heterocycles. The number of rotatable bonds is 5. The second-order valence-corrected chi connectivity index (χ2v) is 13.8. The molecule has 10 nitrogen and oxygen atoms in total. The van der Waals surface area contributed by atoms with Crippen molar-refractivity contribution in [3.8, 4) is 0 Å². The molecule has 0 aromatic carbocycles. The van der Waals surface area contributed by atoms with Gasteiger partial charge in [-0.25, -0.2) is 15.9 Å². The average molecular weight is 733 g/mol. The van der Waals surface area contributed by atoms with Gasteiger partial charge in [-0.05, 0) is 114 Å². The minimum atomic E-state index is -2.52. The maximum absolute atomic E-state index is 11.7. The molecular weight excluding hydrogens is 686 g/mol. The summed E-state index contributed by atoms with van der Waals surface area (Å²) in [6.07, 6.45) is 12.4. The van der Waals surface area contributed by atoms with Gasteiger partial charge in [-0.2, -0.15) is 29.2 Å². The standard InChI is InChI=1S/C8H13NS.C6H7N3.C6H10N2.C5H5ClS.C5H6F2N2.C4H6N2/c1-7-4-8(10-6-7)5-9(2)3;1-6-3-8-9(4-6)5-7-2;1-3-8-5-6(2)4-7-8;1-4-2-3-5(6)7-4;1-4-2-3-9(8-4)5(6)7;1-4-2-5-6-3-4/h4,6H,5H2,1-3H3;3-4H,5H2,1H3;4-5H,3H2,1-2H3;2-3H,1H3;2-3,5H,1H3;2-3H,1H3,(H,5,6). The predicted octanol–water partition coefficient (Wildman–Crippen LogP) is 9.41. The van der Waals surface area contributed by atoms with Crippen LogP contribution in [0.2, 0.25) is 4.34 Å². The molecule has 0 aliphatic carbocycles. The SMILES string of the molecule is CCn1cc(C)cn1.Cc1ccc(Cl)s1.Cc1ccn(C(F)F)n1.Cc1cn[nH]c1.Cc1csc(CN(C)C)c1.[C-]#[N+]Cn1cc(C)cn1. The third kappa shape index (κ3) is 20.7. The van der Waals surface area contributed by atoms with E-state index in [1.807, 2.05) is 80.6 Å². The predicted molar refractivity (Wildman–Crippen MR) is 198 cm³/mol. The van der Waals surface area contributed by atoms with E-state index in [4.69, 9.17) is 18.2 Å². The van der Waals surface area contributed by atoms with Gasteiger partial charge in [0.2, 0.25) is 0 Å². The monoisotopic (exact) mass is 732 g/mol. The summed E-state index contributed by atoms with van der Waals surface area (Å²) >= 11 is 9.02. The molecule has 6 rings (SSSR count). The zero-order valence-electron chi connectivity index (χ0n) is 29.6. The number of hydrogen-bond acceptors (Lipinski definition) is 7. The lowest BCUT2D eigenvalue weighted by Gasteiger charge is -2.05. The Kier molecular flexibility index (Phi) is 21.0. The maximum Gasteiger partial charge on any atom is 0.333 e. The van der Waals surface area contributed by atoms with Crippen molar-refractivity contribution in [1.82, 2.24) is 44.4 Å². The van der Waals surface area contributed by atoms with Crippen molar-refractivity contribution >= 4 is 34.3 Å². The molecule has 0 atom stereocenters. The Balaban J connectivity index is 0.000000296. The second kappa shape index (κ2) is 24.0. The van der Waals surface area contributed by atoms with Crippen LogP contribution in [0, 0.1) is 48.1 Å². The molecule has 1 N–H and O–H groups in total. The van der Waals surface area contributed by atoms with Gasteiger partial charge >= 0.3 is 13.2 Å². The fourth-order valence-corrected chi connectivity index (χ4v) is 5.40. The van der Waals surface area contributed by atoms with Crippen molar-refractivity contribution < 1.29 is 8.78 Å². The highest BCUT2D eigenvalue weighted by molar-refractivity contribution is 7.16. The van der Waals surface area contributed by atoms with Crippen LogP contribution in [0.3, 0.4) is 0 Å². The Morgan fingerprint density at radius 2 is 1.59 bits per heavy atom. The normalized spacial score (nSPS) is 9.82. The summed E-state index contributed by atoms with van der Waals surface area (Å²) in [4.78, 5) is 8.07. The molecule has 6 heterocycles. The molecular formula is C34H47ClF2N10S2. The smallest absolute Gasteiger partial charge is 0.304 e. The highest BCUT2D eigenvalue weighted by Gasteiger charge is 2.03. The van der Waals surface area contributed by atoms with Crippen LogP contribution in [-0.4, -0.2) is 58.5 Å². The van der Waals surface area contributed by atoms with Gasteiger partial charge in [0, 0.05) is 47.6 Å². The third-order valence-electron chi connectivity index (χ3n) is 5.61. The quantitative estimate of drug-likeness (QED) is 0.179. The molecule has 0 saturated carbocycles. The van der Waals surface area contributed by atoms with Crippen molar-refractivity contribution in [2.45, 2.75) is 74.8 Å². The van der Waals surface area contributed by atoms with Crippen LogP contribution in [0.15, 0.2) is 73.0 Å². The van der Waals surface area contributed by atoms with E-state index in [1.165, 1.54) is 38.7 Å². The number of aromatic amines is 1. The van der Waals surface area contributed by atoms with E-state index in [0.717, 1.165) is 23.0 Å². The summed E-state index contributed by atoms with van der Waals surface area (Å²) in [7, 11) is 4.18. The van der Waals surface area contributed by atoms with Crippen LogP contribution >= 0.6 is 34.3 Å². The lowest BCUT2D eigenvalue weighted by molar-refractivity contribution is 0.0563. The molecule has 0 aliphatic rings. The van der Waals surface area contributed by atoms with E-state index in [0.29, 0.717) is 17.0 Å². The van der Waals surface area contributed by atoms with Crippen LogP contribution in [-0.2, 0) is 19.8 Å². The van der Waals surface area contributed by atoms with E-state index >= 15 is 0 Å². The number of alkyl halides is 2. The largest absolute Gasteiger partial charge is 0.333 e. The van der Waals surface area contributed by atoms with Gasteiger partial charge in [-0.3, -0.25) is 14.6 Å². The van der Waals surface area contributed by atoms with E-state index in [9.17, 15) is 8.78 Å². The Labute approximate surface area is 301 Å². The molecule has 49 heavy (non-hydrogen) atoms. The first-order chi connectivity index (χ1) is 23.2. The topological polar surface area (TPSA) is 89.7 Å². The number of nitrogens with one attached hydrogen (secondary N) is 1. The molecule has 0 spiro atoms. The van der Waals surface area contributed by atoms with Crippen LogP contribution in [0.5, 0.6) is 0 Å². The van der Waals surface area contributed by atoms with Crippen molar-refractivity contribution in [1.29, 1.82) is 0 Å². The van der Waals surface area contributed by atoms with E-state index in [-0.39, 0.29) is 0 Å². The number of aromatic nitrogens is 8. The molecule has 266 valence electrons. The van der Waals surface area contributed by atoms with Crippen LogP contribution < -0.4 is 0 Å². The van der Waals surface area contributed by atoms with Crippen LogP contribution in [0.1, 0.15) is 51.2 Å². The molecule has 0 unspecified atom stereocenters. The van der Waals surface area contributed by atoms with Gasteiger partial charge in [0.1, 0.15) is 0 Å². The van der Waals surface area contributed by atoms with Crippen LogP contribution in [0.25, 0.3) is 4.85 Å². The molecule has 0 radical (unpaired) electrons. The minimum Gasteiger partial charge on any atom is -0.304 e. The van der Waals surface area contributed by atoms with E-state index in [2.05, 4.69) is 74.6 Å². The molecule has 6 aromatic rings. The third-order valence-corrected chi connectivity index (χ3v) is 7.79. The summed E-state index contributed by atoms with van der Waals surface area (Å²) in [5.41, 5.74) is 5.48. The van der Waals surface area contributed by atoms with E-state index < -0.39 is 6.55 Å². The van der Waals surface area contributed by atoms with Gasteiger partial charge in [-0.1, -0.05) is 11.6 Å². The number of H-pyrrole nitrogens is 1. The number of hydrogen-bond donors (Lipinski definition) is 1. The average Bonchev–Trinajstić information content (AvgIpc) is 3.89. The first kappa shape index (κ1) is 42.9. The van der Waals surface area contributed by atoms with E-state index in [1.54, 1.807) is 35.3 Å². The maximum atomic E-state index is 11.7.